The number of hydrogen-bond donors (Lipinski definition) is 0. The van der Waals surface area contributed by atoms with Gasteiger partial charge in [-0.15, -0.1) is 0 Å². The zero-order chi connectivity index (χ0) is 7.03. The Bertz CT molecular complexity index is 166. The third-order valence-corrected chi connectivity index (χ3v) is 7.16. The van der Waals surface area contributed by atoms with Gasteiger partial charge in [-0.1, -0.05) is 11.8 Å². The van der Waals surface area contributed by atoms with E-state index in [9.17, 15) is 0 Å². The molecule has 2 saturated heterocycles. The van der Waals surface area contributed by atoms with Crippen LogP contribution in [0.5, 0.6) is 0 Å². The number of rotatable bonds is 0. The van der Waals surface area contributed by atoms with Gasteiger partial charge in [0.1, 0.15) is 0 Å². The molecule has 0 amide bonds. The fourth-order valence-electron chi connectivity index (χ4n) is 2.04. The van der Waals surface area contributed by atoms with Gasteiger partial charge in [-0.05, 0) is 44.3 Å². The lowest BCUT2D eigenvalue weighted by atomic mass is 10.3. The van der Waals surface area contributed by atoms with Crippen molar-refractivity contribution in [1.82, 2.24) is 4.90 Å². The fourth-order valence-corrected chi connectivity index (χ4v) is 6.25. The van der Waals surface area contributed by atoms with Crippen LogP contribution in [0.3, 0.4) is 0 Å². The molecule has 0 spiro atoms. The summed E-state index contributed by atoms with van der Waals surface area (Å²) in [7, 11) is 0. The average molecular weight is 175 g/mol. The highest BCUT2D eigenvalue weighted by molar-refractivity contribution is 8.14. The second-order valence-electron chi connectivity index (χ2n) is 3.47. The van der Waals surface area contributed by atoms with Gasteiger partial charge in [0.15, 0.2) is 0 Å². The van der Waals surface area contributed by atoms with Crippen molar-refractivity contribution in [3.63, 3.8) is 0 Å². The van der Waals surface area contributed by atoms with Gasteiger partial charge in [0, 0.05) is 6.29 Å². The zero-order valence-electron chi connectivity index (χ0n) is 6.25. The van der Waals surface area contributed by atoms with Crippen molar-refractivity contribution in [2.24, 2.45) is 0 Å². The van der Waals surface area contributed by atoms with Crippen LogP contribution >= 0.6 is 6.04 Å². The summed E-state index contributed by atoms with van der Waals surface area (Å²) in [5.74, 6) is 0. The first-order chi connectivity index (χ1) is 4.79. The topological polar surface area (TPSA) is 3.24 Å². The molecule has 2 rings (SSSR count). The van der Waals surface area contributed by atoms with Gasteiger partial charge in [0.05, 0.1) is 0 Å². The minimum absolute atomic E-state index is 0.804. The van der Waals surface area contributed by atoms with E-state index in [0.717, 1.165) is 0 Å². The second kappa shape index (κ2) is 2.58. The van der Waals surface area contributed by atoms with E-state index in [2.05, 4.69) is 4.90 Å². The van der Waals surface area contributed by atoms with Crippen molar-refractivity contribution < 1.29 is 0 Å². The van der Waals surface area contributed by atoms with Crippen molar-refractivity contribution >= 4 is 17.8 Å². The van der Waals surface area contributed by atoms with Gasteiger partial charge in [-0.2, -0.15) is 0 Å². The molecule has 0 aromatic rings. The van der Waals surface area contributed by atoms with Crippen LogP contribution in [0.4, 0.5) is 0 Å². The van der Waals surface area contributed by atoms with E-state index in [-0.39, 0.29) is 0 Å². The van der Waals surface area contributed by atoms with Crippen LogP contribution in [0.2, 0.25) is 0 Å². The van der Waals surface area contributed by atoms with Crippen molar-refractivity contribution in [3.05, 3.63) is 0 Å². The van der Waals surface area contributed by atoms with Crippen LogP contribution in [0.25, 0.3) is 0 Å². The van der Waals surface area contributed by atoms with Crippen molar-refractivity contribution in [3.8, 4) is 0 Å². The van der Waals surface area contributed by atoms with E-state index in [1.807, 2.05) is 0 Å². The van der Waals surface area contributed by atoms with E-state index in [0.29, 0.717) is 0 Å². The van der Waals surface area contributed by atoms with Crippen molar-refractivity contribution in [2.75, 3.05) is 31.7 Å². The summed E-state index contributed by atoms with van der Waals surface area (Å²) in [5, 5.41) is 0. The highest BCUT2D eigenvalue weighted by atomic mass is 32.4. The standard InChI is InChI=1S/C7H14NPS/c10-9-5-1-3-8(7-9)4-2-6-9/h1-7H2. The predicted octanol–water partition coefficient (Wildman–Crippen LogP) is 1.53. The fraction of sp³-hybridized carbons (Fsp3) is 1.00. The molecular formula is C7H14NPS. The van der Waals surface area contributed by atoms with E-state index in [1.165, 1.54) is 44.5 Å². The molecule has 0 aliphatic carbocycles. The molecule has 2 heterocycles. The maximum absolute atomic E-state index is 5.65. The van der Waals surface area contributed by atoms with Gasteiger partial charge in [-0.3, -0.25) is 4.90 Å². The summed E-state index contributed by atoms with van der Waals surface area (Å²) in [4.78, 5) is 2.58. The first-order valence-electron chi connectivity index (χ1n) is 4.08. The lowest BCUT2D eigenvalue weighted by Gasteiger charge is -2.40. The Labute approximate surface area is 67.8 Å². The molecule has 0 radical (unpaired) electrons. The Morgan fingerprint density at radius 3 is 2.10 bits per heavy atom. The molecule has 0 atom stereocenters. The summed E-state index contributed by atoms with van der Waals surface area (Å²) < 4.78 is 0. The van der Waals surface area contributed by atoms with Crippen molar-refractivity contribution in [2.45, 2.75) is 12.8 Å². The van der Waals surface area contributed by atoms with E-state index < -0.39 is 6.04 Å². The summed E-state index contributed by atoms with van der Waals surface area (Å²) in [6.07, 6.45) is 6.88. The average Bonchev–Trinajstić information content (AvgIpc) is 1.86. The Hall–Kier alpha value is 0.610. The number of fused-ring (bicyclic) bond motifs is 2. The van der Waals surface area contributed by atoms with Gasteiger partial charge >= 0.3 is 0 Å². The molecule has 2 aliphatic rings. The summed E-state index contributed by atoms with van der Waals surface area (Å²) >= 11 is 5.65. The molecule has 3 heteroatoms. The maximum atomic E-state index is 5.65. The monoisotopic (exact) mass is 175 g/mol. The Morgan fingerprint density at radius 1 is 1.10 bits per heavy atom. The molecule has 0 unspecified atom stereocenters. The summed E-state index contributed by atoms with van der Waals surface area (Å²) in [5.41, 5.74) is 0. The molecule has 10 heavy (non-hydrogen) atoms. The summed E-state index contributed by atoms with van der Waals surface area (Å²) in [6, 6.07) is -0.804. The maximum Gasteiger partial charge on any atom is 0.0275 e. The number of nitrogens with zero attached hydrogens (tertiary/aromatic N) is 1. The quantitative estimate of drug-likeness (QED) is 0.514. The molecule has 0 saturated carbocycles. The molecule has 1 nitrogen and oxygen atoms in total. The largest absolute Gasteiger partial charge is 0.298 e. The van der Waals surface area contributed by atoms with Gasteiger partial charge < -0.3 is 0 Å². The molecule has 0 aromatic heterocycles. The molecule has 2 aliphatic heterocycles. The molecule has 2 bridgehead atoms. The molecule has 0 aromatic carbocycles. The summed E-state index contributed by atoms with van der Waals surface area (Å²) in [6.45, 7) is 2.66. The Morgan fingerprint density at radius 2 is 1.70 bits per heavy atom. The Kier molecular flexibility index (Phi) is 1.88. The van der Waals surface area contributed by atoms with Crippen LogP contribution in [0, 0.1) is 0 Å². The van der Waals surface area contributed by atoms with E-state index in [1.54, 1.807) is 0 Å². The third-order valence-electron chi connectivity index (χ3n) is 2.54. The highest BCUT2D eigenvalue weighted by Crippen LogP contribution is 2.52. The van der Waals surface area contributed by atoms with Gasteiger partial charge in [0.25, 0.3) is 0 Å². The molecule has 2 fully saturated rings. The molecule has 58 valence electrons. The highest BCUT2D eigenvalue weighted by Gasteiger charge is 2.28. The molecular weight excluding hydrogens is 161 g/mol. The molecule has 0 N–H and O–H groups in total. The first-order valence-corrected chi connectivity index (χ1v) is 7.44. The van der Waals surface area contributed by atoms with Crippen LogP contribution in [-0.2, 0) is 11.8 Å². The second-order valence-corrected chi connectivity index (χ2v) is 9.09. The van der Waals surface area contributed by atoms with Crippen LogP contribution < -0.4 is 0 Å². The third kappa shape index (κ3) is 1.30. The SMILES string of the molecule is S=P12CCCN(CCC1)C2. The van der Waals surface area contributed by atoms with E-state index >= 15 is 0 Å². The van der Waals surface area contributed by atoms with Crippen LogP contribution in [0.1, 0.15) is 12.8 Å². The zero-order valence-corrected chi connectivity index (χ0v) is 7.96. The van der Waals surface area contributed by atoms with Crippen LogP contribution in [0.15, 0.2) is 0 Å². The van der Waals surface area contributed by atoms with E-state index in [4.69, 9.17) is 11.8 Å². The van der Waals surface area contributed by atoms with Crippen molar-refractivity contribution in [1.29, 1.82) is 0 Å². The number of hydrogen-bond acceptors (Lipinski definition) is 2. The van der Waals surface area contributed by atoms with Gasteiger partial charge in [-0.25, -0.2) is 0 Å². The van der Waals surface area contributed by atoms with Gasteiger partial charge in [0.2, 0.25) is 0 Å². The Balaban J connectivity index is 2.14. The predicted molar refractivity (Wildman–Crippen MR) is 49.7 cm³/mol. The lowest BCUT2D eigenvalue weighted by molar-refractivity contribution is 0.298. The first kappa shape index (κ1) is 7.27. The normalized spacial score (nSPS) is 47.0. The lowest BCUT2D eigenvalue weighted by Crippen LogP contribution is -2.37. The minimum Gasteiger partial charge on any atom is -0.298 e. The smallest absolute Gasteiger partial charge is 0.0275 e. The van der Waals surface area contributed by atoms with Crippen LogP contribution in [-0.4, -0.2) is 36.6 Å². The minimum atomic E-state index is -0.804.